The number of hydrogen-bond acceptors (Lipinski definition) is 5. The molecule has 2 unspecified atom stereocenters. The number of aliphatic hydroxyl groups is 2. The number of carbonyl (C=O) groups is 1. The summed E-state index contributed by atoms with van der Waals surface area (Å²) in [5.74, 6) is -1.25. The van der Waals surface area contributed by atoms with E-state index in [-0.39, 0.29) is 19.0 Å². The Labute approximate surface area is 198 Å². The lowest BCUT2D eigenvalue weighted by Crippen LogP contribution is -2.52. The molecule has 0 bridgehead atoms. The van der Waals surface area contributed by atoms with E-state index in [0.717, 1.165) is 20.9 Å². The van der Waals surface area contributed by atoms with Crippen LogP contribution in [0.25, 0.3) is 0 Å². The number of aliphatic hydroxyl groups excluding tert-OH is 1. The number of halogens is 3. The van der Waals surface area contributed by atoms with Crippen molar-refractivity contribution in [3.63, 3.8) is 0 Å². The molecule has 172 valence electrons. The molecule has 4 N–H and O–H groups in total. The molecule has 0 aromatic heterocycles. The molecule has 4 rings (SSSR count). The first-order chi connectivity index (χ1) is 15.2. The molecule has 1 heterocycles. The first kappa shape index (κ1) is 23.3. The van der Waals surface area contributed by atoms with Crippen molar-refractivity contribution in [2.75, 3.05) is 13.2 Å². The molecular weight excluding hydrogens is 533 g/mol. The van der Waals surface area contributed by atoms with Gasteiger partial charge in [0.2, 0.25) is 0 Å². The molecule has 1 aliphatic heterocycles. The third kappa shape index (κ3) is 5.56. The molecule has 0 saturated heterocycles. The monoisotopic (exact) mass is 558 g/mol. The van der Waals surface area contributed by atoms with Crippen molar-refractivity contribution in [2.45, 2.75) is 49.5 Å². The van der Waals surface area contributed by atoms with Gasteiger partial charge in [0.1, 0.15) is 23.0 Å². The predicted octanol–water partition coefficient (Wildman–Crippen LogP) is 2.60. The van der Waals surface area contributed by atoms with E-state index in [4.69, 9.17) is 4.74 Å². The average molecular weight is 558 g/mol. The van der Waals surface area contributed by atoms with Gasteiger partial charge in [-0.15, -0.1) is 0 Å². The average Bonchev–Trinajstić information content (AvgIpc) is 3.49. The number of fused-ring (bicyclic) bond motifs is 1. The number of amides is 1. The first-order valence-electron chi connectivity index (χ1n) is 10.6. The van der Waals surface area contributed by atoms with Crippen LogP contribution < -0.4 is 15.4 Å². The highest BCUT2D eigenvalue weighted by molar-refractivity contribution is 14.1. The van der Waals surface area contributed by atoms with Crippen molar-refractivity contribution in [1.82, 2.24) is 10.6 Å². The van der Waals surface area contributed by atoms with E-state index >= 15 is 0 Å². The summed E-state index contributed by atoms with van der Waals surface area (Å²) in [7, 11) is 0. The van der Waals surface area contributed by atoms with Gasteiger partial charge >= 0.3 is 0 Å². The second-order valence-electron chi connectivity index (χ2n) is 8.44. The highest BCUT2D eigenvalue weighted by Crippen LogP contribution is 2.35. The van der Waals surface area contributed by atoms with Crippen molar-refractivity contribution in [3.8, 4) is 5.75 Å². The van der Waals surface area contributed by atoms with Gasteiger partial charge in [-0.1, -0.05) is 0 Å². The van der Waals surface area contributed by atoms with E-state index in [1.807, 2.05) is 18.2 Å². The topological polar surface area (TPSA) is 90.8 Å². The van der Waals surface area contributed by atoms with Crippen LogP contribution in [0.3, 0.4) is 0 Å². The summed E-state index contributed by atoms with van der Waals surface area (Å²) in [5, 5.41) is 27.0. The van der Waals surface area contributed by atoms with Crippen LogP contribution in [0, 0.1) is 15.2 Å². The van der Waals surface area contributed by atoms with Crippen molar-refractivity contribution < 1.29 is 28.5 Å². The molecule has 1 saturated carbocycles. The molecule has 2 aromatic rings. The van der Waals surface area contributed by atoms with Gasteiger partial charge in [0.15, 0.2) is 0 Å². The molecule has 1 fully saturated rings. The molecule has 0 radical (unpaired) electrons. The fraction of sp³-hybridized carbons (Fsp3) is 0.435. The zero-order valence-electron chi connectivity index (χ0n) is 17.3. The lowest BCUT2D eigenvalue weighted by molar-refractivity contribution is -0.133. The highest BCUT2D eigenvalue weighted by atomic mass is 127. The maximum Gasteiger partial charge on any atom is 0.252 e. The smallest absolute Gasteiger partial charge is 0.252 e. The van der Waals surface area contributed by atoms with Gasteiger partial charge < -0.3 is 25.6 Å². The summed E-state index contributed by atoms with van der Waals surface area (Å²) in [6, 6.07) is 8.13. The van der Waals surface area contributed by atoms with Crippen LogP contribution in [0.4, 0.5) is 8.78 Å². The number of benzene rings is 2. The number of carbonyl (C=O) groups excluding carboxylic acids is 1. The summed E-state index contributed by atoms with van der Waals surface area (Å²) in [5.41, 5.74) is -0.120. The van der Waals surface area contributed by atoms with Gasteiger partial charge in [-0.25, -0.2) is 8.78 Å². The molecule has 2 aliphatic rings. The minimum Gasteiger partial charge on any atom is -0.493 e. The van der Waals surface area contributed by atoms with Crippen LogP contribution in [-0.4, -0.2) is 47.0 Å². The van der Waals surface area contributed by atoms with Gasteiger partial charge in [-0.05, 0) is 77.7 Å². The molecule has 32 heavy (non-hydrogen) atoms. The van der Waals surface area contributed by atoms with Crippen LogP contribution in [0.15, 0.2) is 36.4 Å². The fourth-order valence-electron chi connectivity index (χ4n) is 3.90. The summed E-state index contributed by atoms with van der Waals surface area (Å²) < 4.78 is 34.1. The Hall–Kier alpha value is -1.82. The van der Waals surface area contributed by atoms with E-state index in [1.165, 1.54) is 12.1 Å². The van der Waals surface area contributed by atoms with Gasteiger partial charge in [-0.2, -0.15) is 0 Å². The third-order valence-electron chi connectivity index (χ3n) is 5.89. The number of ether oxygens (including phenoxy) is 1. The lowest BCUT2D eigenvalue weighted by Gasteiger charge is -2.30. The van der Waals surface area contributed by atoms with E-state index in [2.05, 4.69) is 33.2 Å². The molecule has 1 aliphatic carbocycles. The van der Waals surface area contributed by atoms with Crippen LogP contribution in [0.1, 0.15) is 36.4 Å². The van der Waals surface area contributed by atoms with E-state index in [0.29, 0.717) is 31.4 Å². The second kappa shape index (κ2) is 9.58. The molecule has 3 atom stereocenters. The standard InChI is InChI=1S/C23H25F2IN2O4/c24-14-7-13(8-15(25)10-14)9-19(28-22(30)23(31)4-5-23)20(29)12-27-18-3-6-32-21-2-1-16(26)11-17(18)21/h1-2,7-8,10-11,18-20,27,29,31H,3-6,9,12H2,(H,28,30)/t18-,19?,20?/m0/s1. The first-order valence-corrected chi connectivity index (χ1v) is 11.6. The van der Waals surface area contributed by atoms with Gasteiger partial charge in [0, 0.05) is 34.2 Å². The Bertz CT molecular complexity index is 982. The van der Waals surface area contributed by atoms with Crippen molar-refractivity contribution in [1.29, 1.82) is 0 Å². The third-order valence-corrected chi connectivity index (χ3v) is 6.56. The molecular formula is C23H25F2IN2O4. The molecule has 2 aromatic carbocycles. The molecule has 9 heteroatoms. The molecule has 1 amide bonds. The Morgan fingerprint density at radius 2 is 1.94 bits per heavy atom. The maximum absolute atomic E-state index is 13.7. The maximum atomic E-state index is 13.7. The SMILES string of the molecule is O=C(NC(Cc1cc(F)cc(F)c1)C(O)CN[C@H]1CCOc2ccc(I)cc21)C1(O)CC1. The largest absolute Gasteiger partial charge is 0.493 e. The fourth-order valence-corrected chi connectivity index (χ4v) is 4.41. The lowest BCUT2D eigenvalue weighted by atomic mass is 9.98. The summed E-state index contributed by atoms with van der Waals surface area (Å²) in [4.78, 5) is 12.4. The predicted molar refractivity (Wildman–Crippen MR) is 122 cm³/mol. The Balaban J connectivity index is 1.47. The van der Waals surface area contributed by atoms with Gasteiger partial charge in [0.05, 0.1) is 18.8 Å². The number of nitrogens with one attached hydrogen (secondary N) is 2. The zero-order chi connectivity index (χ0) is 22.9. The van der Waals surface area contributed by atoms with Crippen LogP contribution in [0.2, 0.25) is 0 Å². The van der Waals surface area contributed by atoms with Crippen molar-refractivity contribution in [2.24, 2.45) is 0 Å². The van der Waals surface area contributed by atoms with Crippen LogP contribution in [0.5, 0.6) is 5.75 Å². The summed E-state index contributed by atoms with van der Waals surface area (Å²) in [6.07, 6.45) is 0.382. The number of hydrogen-bond donors (Lipinski definition) is 4. The normalized spacial score (nSPS) is 20.6. The van der Waals surface area contributed by atoms with E-state index in [1.54, 1.807) is 0 Å². The Morgan fingerprint density at radius 1 is 1.22 bits per heavy atom. The summed E-state index contributed by atoms with van der Waals surface area (Å²) >= 11 is 2.23. The molecule has 0 spiro atoms. The Morgan fingerprint density at radius 3 is 2.62 bits per heavy atom. The van der Waals surface area contributed by atoms with Crippen molar-refractivity contribution in [3.05, 3.63) is 62.7 Å². The zero-order valence-corrected chi connectivity index (χ0v) is 19.4. The second-order valence-corrected chi connectivity index (χ2v) is 9.69. The summed E-state index contributed by atoms with van der Waals surface area (Å²) in [6.45, 7) is 0.674. The molecule has 6 nitrogen and oxygen atoms in total. The van der Waals surface area contributed by atoms with Crippen LogP contribution in [-0.2, 0) is 11.2 Å². The number of rotatable bonds is 8. The van der Waals surface area contributed by atoms with E-state index < -0.39 is 35.3 Å². The minimum absolute atomic E-state index is 0.0155. The quantitative estimate of drug-likeness (QED) is 0.375. The Kier molecular flexibility index (Phi) is 6.99. The van der Waals surface area contributed by atoms with Crippen molar-refractivity contribution >= 4 is 28.5 Å². The minimum atomic E-state index is -1.42. The highest BCUT2D eigenvalue weighted by Gasteiger charge is 2.48. The van der Waals surface area contributed by atoms with Crippen LogP contribution >= 0.6 is 22.6 Å². The van der Waals surface area contributed by atoms with Gasteiger partial charge in [-0.3, -0.25) is 4.79 Å². The van der Waals surface area contributed by atoms with Gasteiger partial charge in [0.25, 0.3) is 5.91 Å². The van der Waals surface area contributed by atoms with E-state index in [9.17, 15) is 23.8 Å².